The van der Waals surface area contributed by atoms with Crippen molar-refractivity contribution in [1.29, 1.82) is 0 Å². The molecule has 2 rings (SSSR count). The maximum absolute atomic E-state index is 12.9. The van der Waals surface area contributed by atoms with Gasteiger partial charge in [-0.3, -0.25) is 19.1 Å². The number of hydrogen-bond donors (Lipinski definition) is 3. The smallest absolute Gasteiger partial charge is 0.330 e. The molecule has 170 valence electrons. The first kappa shape index (κ1) is 24.4. The van der Waals surface area contributed by atoms with E-state index in [-0.39, 0.29) is 28.0 Å². The summed E-state index contributed by atoms with van der Waals surface area (Å²) in [5.74, 6) is -0.674. The van der Waals surface area contributed by atoms with Gasteiger partial charge in [0.1, 0.15) is 5.82 Å². The van der Waals surface area contributed by atoms with Crippen LogP contribution in [0.4, 0.5) is 11.5 Å². The topological polar surface area (TPSA) is 147 Å². The number of aromatic amines is 1. The van der Waals surface area contributed by atoms with Gasteiger partial charge < -0.3 is 10.6 Å². The van der Waals surface area contributed by atoms with Crippen molar-refractivity contribution in [3.05, 3.63) is 50.7 Å². The molecule has 1 aromatic carbocycles. The van der Waals surface area contributed by atoms with E-state index in [2.05, 4.69) is 9.71 Å². The van der Waals surface area contributed by atoms with Crippen LogP contribution >= 0.6 is 0 Å². The van der Waals surface area contributed by atoms with Crippen LogP contribution in [0.1, 0.15) is 50.4 Å². The molecule has 1 atom stereocenters. The summed E-state index contributed by atoms with van der Waals surface area (Å²) in [5, 5.41) is 0. The predicted octanol–water partition coefficient (Wildman–Crippen LogP) is 1.27. The molecule has 11 heteroatoms. The van der Waals surface area contributed by atoms with Gasteiger partial charge in [-0.1, -0.05) is 20.3 Å². The highest BCUT2D eigenvalue weighted by Crippen LogP contribution is 2.19. The van der Waals surface area contributed by atoms with Gasteiger partial charge in [-0.15, -0.1) is 0 Å². The number of hydrogen-bond acceptors (Lipinski definition) is 6. The SMILES string of the molecule is CCCCn1c(N)c(N(C)C(=O)c2ccc(S(=O)(=O)NC(C)CC)cc2)c(=O)[nH]c1=O. The highest BCUT2D eigenvalue weighted by Gasteiger charge is 2.23. The number of carbonyl (C=O) groups is 1. The van der Waals surface area contributed by atoms with E-state index < -0.39 is 27.2 Å². The molecule has 1 heterocycles. The van der Waals surface area contributed by atoms with E-state index in [1.54, 1.807) is 6.92 Å². The second kappa shape index (κ2) is 9.92. The Kier molecular flexibility index (Phi) is 7.80. The summed E-state index contributed by atoms with van der Waals surface area (Å²) in [6.45, 7) is 5.88. The number of sulfonamides is 1. The second-order valence-corrected chi connectivity index (χ2v) is 9.03. The number of rotatable bonds is 9. The number of anilines is 2. The maximum Gasteiger partial charge on any atom is 0.330 e. The van der Waals surface area contributed by atoms with Gasteiger partial charge >= 0.3 is 5.69 Å². The van der Waals surface area contributed by atoms with Crippen molar-refractivity contribution in [3.63, 3.8) is 0 Å². The van der Waals surface area contributed by atoms with Crippen LogP contribution in [0, 0.1) is 0 Å². The number of amides is 1. The summed E-state index contributed by atoms with van der Waals surface area (Å²) in [6.07, 6.45) is 2.13. The van der Waals surface area contributed by atoms with Crippen molar-refractivity contribution in [2.24, 2.45) is 0 Å². The Hall–Kier alpha value is -2.92. The lowest BCUT2D eigenvalue weighted by molar-refractivity contribution is 0.0992. The summed E-state index contributed by atoms with van der Waals surface area (Å²) in [5.41, 5.74) is 4.65. The molecule has 0 radical (unpaired) electrons. The number of benzene rings is 1. The van der Waals surface area contributed by atoms with Crippen LogP contribution in [0.2, 0.25) is 0 Å². The van der Waals surface area contributed by atoms with Crippen molar-refractivity contribution in [2.45, 2.75) is 57.5 Å². The van der Waals surface area contributed by atoms with Crippen LogP contribution in [0.3, 0.4) is 0 Å². The monoisotopic (exact) mass is 451 g/mol. The van der Waals surface area contributed by atoms with Crippen molar-refractivity contribution < 1.29 is 13.2 Å². The van der Waals surface area contributed by atoms with Gasteiger partial charge in [0, 0.05) is 25.2 Å². The number of nitrogens with zero attached hydrogens (tertiary/aromatic N) is 2. The van der Waals surface area contributed by atoms with Gasteiger partial charge in [0.25, 0.3) is 11.5 Å². The molecule has 0 saturated heterocycles. The summed E-state index contributed by atoms with van der Waals surface area (Å²) in [6, 6.07) is 5.14. The van der Waals surface area contributed by atoms with Gasteiger partial charge in [0.05, 0.1) is 4.90 Å². The maximum atomic E-state index is 12.9. The third-order valence-electron chi connectivity index (χ3n) is 4.97. The lowest BCUT2D eigenvalue weighted by Crippen LogP contribution is -2.39. The summed E-state index contributed by atoms with van der Waals surface area (Å²) >= 11 is 0. The summed E-state index contributed by atoms with van der Waals surface area (Å²) < 4.78 is 28.5. The highest BCUT2D eigenvalue weighted by atomic mass is 32.2. The molecule has 0 bridgehead atoms. The lowest BCUT2D eigenvalue weighted by atomic mass is 10.2. The van der Waals surface area contributed by atoms with E-state index in [4.69, 9.17) is 5.73 Å². The Balaban J connectivity index is 2.36. The van der Waals surface area contributed by atoms with Crippen LogP contribution < -0.4 is 26.6 Å². The average molecular weight is 452 g/mol. The number of nitrogen functional groups attached to an aromatic ring is 1. The third-order valence-corrected chi connectivity index (χ3v) is 6.58. The number of nitrogens with two attached hydrogens (primary N) is 1. The van der Waals surface area contributed by atoms with Crippen molar-refractivity contribution in [2.75, 3.05) is 17.7 Å². The molecule has 0 spiro atoms. The largest absolute Gasteiger partial charge is 0.383 e. The minimum Gasteiger partial charge on any atom is -0.383 e. The minimum atomic E-state index is -3.71. The molecule has 0 aliphatic heterocycles. The van der Waals surface area contributed by atoms with Crippen molar-refractivity contribution in [3.8, 4) is 0 Å². The van der Waals surface area contributed by atoms with E-state index in [0.717, 1.165) is 11.3 Å². The average Bonchev–Trinajstić information content (AvgIpc) is 2.72. The zero-order chi connectivity index (χ0) is 23.3. The molecule has 0 fully saturated rings. The molecule has 1 unspecified atom stereocenters. The van der Waals surface area contributed by atoms with E-state index in [1.165, 1.54) is 35.9 Å². The molecule has 31 heavy (non-hydrogen) atoms. The fourth-order valence-corrected chi connectivity index (χ4v) is 4.25. The second-order valence-electron chi connectivity index (χ2n) is 7.32. The number of aromatic nitrogens is 2. The Morgan fingerprint density at radius 2 is 1.84 bits per heavy atom. The zero-order valence-electron chi connectivity index (χ0n) is 18.1. The molecular formula is C20H29N5O5S. The molecule has 0 aliphatic carbocycles. The van der Waals surface area contributed by atoms with Gasteiger partial charge in [0.2, 0.25) is 10.0 Å². The first-order valence-electron chi connectivity index (χ1n) is 10.1. The Morgan fingerprint density at radius 1 is 1.23 bits per heavy atom. The van der Waals surface area contributed by atoms with Crippen molar-refractivity contribution >= 4 is 27.4 Å². The molecule has 0 aliphatic rings. The third kappa shape index (κ3) is 5.42. The van der Waals surface area contributed by atoms with Crippen LogP contribution in [0.5, 0.6) is 0 Å². The fourth-order valence-electron chi connectivity index (χ4n) is 2.93. The van der Waals surface area contributed by atoms with Gasteiger partial charge in [0.15, 0.2) is 5.69 Å². The standard InChI is InChI=1S/C20H29N5O5S/c1-5-7-12-25-17(21)16(18(26)22-20(25)28)24(4)19(27)14-8-10-15(11-9-14)31(29,30)23-13(3)6-2/h8-11,13,23H,5-7,12,21H2,1-4H3,(H,22,26,28). The van der Waals surface area contributed by atoms with Crippen LogP contribution in [-0.4, -0.2) is 37.0 Å². The van der Waals surface area contributed by atoms with E-state index in [0.29, 0.717) is 19.4 Å². The number of carbonyl (C=O) groups excluding carboxylic acids is 1. The Morgan fingerprint density at radius 3 is 2.39 bits per heavy atom. The van der Waals surface area contributed by atoms with Gasteiger partial charge in [-0.05, 0) is 44.0 Å². The summed E-state index contributed by atoms with van der Waals surface area (Å²) in [4.78, 5) is 40.6. The van der Waals surface area contributed by atoms with Crippen LogP contribution in [0.15, 0.2) is 38.8 Å². The van der Waals surface area contributed by atoms with Gasteiger partial charge in [-0.2, -0.15) is 0 Å². The quantitative estimate of drug-likeness (QED) is 0.523. The predicted molar refractivity (Wildman–Crippen MR) is 120 cm³/mol. The minimum absolute atomic E-state index is 0.0254. The number of unbranched alkanes of at least 4 members (excludes halogenated alkanes) is 1. The fraction of sp³-hybridized carbons (Fsp3) is 0.450. The Labute approximate surface area is 181 Å². The van der Waals surface area contributed by atoms with Crippen molar-refractivity contribution in [1.82, 2.24) is 14.3 Å². The molecule has 1 amide bonds. The molecule has 4 N–H and O–H groups in total. The number of H-pyrrole nitrogens is 1. The molecule has 0 saturated carbocycles. The molecular weight excluding hydrogens is 422 g/mol. The van der Waals surface area contributed by atoms with Crippen LogP contribution in [0.25, 0.3) is 0 Å². The highest BCUT2D eigenvalue weighted by molar-refractivity contribution is 7.89. The van der Waals surface area contributed by atoms with Crippen LogP contribution in [-0.2, 0) is 16.6 Å². The first-order chi connectivity index (χ1) is 14.5. The zero-order valence-corrected chi connectivity index (χ0v) is 19.0. The number of nitrogens with one attached hydrogen (secondary N) is 2. The molecule has 2 aromatic rings. The molecule has 10 nitrogen and oxygen atoms in total. The van der Waals surface area contributed by atoms with E-state index in [9.17, 15) is 22.8 Å². The van der Waals surface area contributed by atoms with E-state index >= 15 is 0 Å². The lowest BCUT2D eigenvalue weighted by Gasteiger charge is -2.20. The van der Waals surface area contributed by atoms with E-state index in [1.807, 2.05) is 13.8 Å². The summed E-state index contributed by atoms with van der Waals surface area (Å²) in [7, 11) is -2.34. The first-order valence-corrected chi connectivity index (χ1v) is 11.5. The van der Waals surface area contributed by atoms with Gasteiger partial charge in [-0.25, -0.2) is 17.9 Å². The molecule has 1 aromatic heterocycles. The normalized spacial score (nSPS) is 12.5. The Bertz CT molecular complexity index is 1150.